The zero-order valence-corrected chi connectivity index (χ0v) is 38.5. The Morgan fingerprint density at radius 2 is 1.00 bits per heavy atom. The van der Waals surface area contributed by atoms with Gasteiger partial charge in [0.05, 0.1) is 16.8 Å². The third-order valence-electron chi connectivity index (χ3n) is 17.8. The molecule has 8 aromatic rings. The second kappa shape index (κ2) is 14.0. The van der Waals surface area contributed by atoms with Crippen LogP contribution in [0, 0.1) is 23.7 Å². The fraction of sp³-hybridized carbons (Fsp3) is 0.262. The monoisotopic (exact) mass is 851 g/mol. The number of hydrogen-bond donors (Lipinski definition) is 0. The van der Waals surface area contributed by atoms with E-state index in [-0.39, 0.29) is 10.8 Å². The van der Waals surface area contributed by atoms with Crippen LogP contribution in [-0.4, -0.2) is 0 Å². The van der Waals surface area contributed by atoms with Gasteiger partial charge in [0.25, 0.3) is 0 Å². The lowest BCUT2D eigenvalue weighted by Crippen LogP contribution is -2.55. The van der Waals surface area contributed by atoms with E-state index in [1.807, 2.05) is 0 Å². The molecule has 0 saturated heterocycles. The van der Waals surface area contributed by atoms with E-state index in [0.29, 0.717) is 11.8 Å². The van der Waals surface area contributed by atoms with E-state index in [1.54, 1.807) is 11.1 Å². The van der Waals surface area contributed by atoms with E-state index < -0.39 is 5.41 Å². The zero-order valence-electron chi connectivity index (χ0n) is 38.5. The Kier molecular flexibility index (Phi) is 8.25. The molecule has 4 fully saturated rings. The highest BCUT2D eigenvalue weighted by Gasteiger charge is 2.62. The van der Waals surface area contributed by atoms with E-state index in [0.717, 1.165) is 24.7 Å². The minimum absolute atomic E-state index is 0.0148. The normalized spacial score (nSPS) is 24.6. The van der Waals surface area contributed by atoms with Crippen LogP contribution in [0.2, 0.25) is 0 Å². The molecule has 2 spiro atoms. The van der Waals surface area contributed by atoms with Gasteiger partial charge in [-0.1, -0.05) is 178 Å². The molecule has 0 aromatic heterocycles. The van der Waals surface area contributed by atoms with Crippen LogP contribution in [0.15, 0.2) is 182 Å². The lowest BCUT2D eigenvalue weighted by atomic mass is 9.43. The summed E-state index contributed by atoms with van der Waals surface area (Å²) in [5.41, 5.74) is 24.4. The van der Waals surface area contributed by atoms with Gasteiger partial charge in [-0.25, -0.2) is 0 Å². The van der Waals surface area contributed by atoms with Gasteiger partial charge in [-0.2, -0.15) is 0 Å². The van der Waals surface area contributed by atoms with Crippen molar-refractivity contribution in [1.82, 2.24) is 0 Å². The van der Waals surface area contributed by atoms with Crippen LogP contribution in [-0.2, 0) is 29.1 Å². The molecule has 1 heteroatoms. The molecule has 15 rings (SSSR count). The smallest absolute Gasteiger partial charge is 0.0739 e. The van der Waals surface area contributed by atoms with Crippen molar-refractivity contribution in [3.05, 3.63) is 232 Å². The first-order valence-corrected chi connectivity index (χ1v) is 25.0. The van der Waals surface area contributed by atoms with Crippen LogP contribution in [0.5, 0.6) is 0 Å². The molecule has 66 heavy (non-hydrogen) atoms. The molecule has 1 atom stereocenters. The van der Waals surface area contributed by atoms with Gasteiger partial charge in [-0.15, -0.1) is 0 Å². The minimum atomic E-state index is -0.554. The standard InChI is InChI=1S/C65H57N/c1-63(2,3)46-31-30-45-29-28-44-18-7-11-23-55(44)65(58(45)39-46)57-25-13-9-21-52(57)54-22-15-27-61(62(54)65)66(60-26-14-10-19-50(60)43-16-5-4-6-17-43)49-32-33-53-51-20-8-12-24-56(51)64(59(53)40-49)47-35-41-34-42(37-47)38-48(64)36-41/h4-27,30-33,39-42,47-48H,28-29,34-38H2,1-3H3. The summed E-state index contributed by atoms with van der Waals surface area (Å²) >= 11 is 0. The second-order valence-electron chi connectivity index (χ2n) is 21.9. The van der Waals surface area contributed by atoms with Crippen molar-refractivity contribution in [1.29, 1.82) is 0 Å². The Labute approximate surface area is 391 Å². The third-order valence-corrected chi connectivity index (χ3v) is 17.8. The molecule has 7 aliphatic carbocycles. The number of hydrogen-bond acceptors (Lipinski definition) is 1. The van der Waals surface area contributed by atoms with Crippen LogP contribution in [0.1, 0.15) is 103 Å². The minimum Gasteiger partial charge on any atom is -0.310 e. The van der Waals surface area contributed by atoms with Crippen LogP contribution < -0.4 is 4.90 Å². The van der Waals surface area contributed by atoms with Crippen molar-refractivity contribution >= 4 is 17.1 Å². The molecule has 7 aliphatic rings. The maximum absolute atomic E-state index is 2.71. The van der Waals surface area contributed by atoms with Gasteiger partial charge >= 0.3 is 0 Å². The molecular formula is C65H57N. The number of anilines is 3. The highest BCUT2D eigenvalue weighted by molar-refractivity contribution is 5.98. The van der Waals surface area contributed by atoms with Gasteiger partial charge in [0.15, 0.2) is 0 Å². The van der Waals surface area contributed by atoms with E-state index in [9.17, 15) is 0 Å². The highest BCUT2D eigenvalue weighted by atomic mass is 15.2. The lowest BCUT2D eigenvalue weighted by molar-refractivity contribution is -0.0399. The van der Waals surface area contributed by atoms with Crippen LogP contribution in [0.4, 0.5) is 17.1 Å². The molecule has 1 nitrogen and oxygen atoms in total. The summed E-state index contributed by atoms with van der Waals surface area (Å²) in [6.45, 7) is 7.12. The third kappa shape index (κ3) is 5.18. The predicted octanol–water partition coefficient (Wildman–Crippen LogP) is 16.3. The summed E-state index contributed by atoms with van der Waals surface area (Å²) in [4.78, 5) is 2.71. The van der Waals surface area contributed by atoms with Crippen molar-refractivity contribution < 1.29 is 0 Å². The van der Waals surface area contributed by atoms with Crippen molar-refractivity contribution in [3.8, 4) is 33.4 Å². The van der Waals surface area contributed by atoms with Gasteiger partial charge < -0.3 is 4.90 Å². The Hall–Kier alpha value is -6.44. The Balaban J connectivity index is 1.10. The topological polar surface area (TPSA) is 3.24 Å². The Bertz CT molecular complexity index is 3240. The van der Waals surface area contributed by atoms with E-state index in [2.05, 4.69) is 208 Å². The molecule has 0 amide bonds. The predicted molar refractivity (Wildman–Crippen MR) is 273 cm³/mol. The second-order valence-corrected chi connectivity index (χ2v) is 21.9. The van der Waals surface area contributed by atoms with E-state index in [4.69, 9.17) is 0 Å². The van der Waals surface area contributed by atoms with E-state index >= 15 is 0 Å². The summed E-state index contributed by atoms with van der Waals surface area (Å²) in [5, 5.41) is 0. The highest BCUT2D eigenvalue weighted by Crippen LogP contribution is 2.70. The zero-order chi connectivity index (χ0) is 43.9. The quantitative estimate of drug-likeness (QED) is 0.170. The molecule has 1 unspecified atom stereocenters. The van der Waals surface area contributed by atoms with Crippen molar-refractivity contribution in [2.45, 2.75) is 82.0 Å². The average molecular weight is 852 g/mol. The Morgan fingerprint density at radius 1 is 0.424 bits per heavy atom. The number of nitrogens with zero attached hydrogens (tertiary/aromatic N) is 1. The molecule has 0 aliphatic heterocycles. The summed E-state index contributed by atoms with van der Waals surface area (Å²) in [7, 11) is 0. The van der Waals surface area contributed by atoms with Crippen molar-refractivity contribution in [2.24, 2.45) is 23.7 Å². The molecule has 4 bridgehead atoms. The fourth-order valence-electron chi connectivity index (χ4n) is 15.4. The van der Waals surface area contributed by atoms with E-state index in [1.165, 1.54) is 121 Å². The SMILES string of the molecule is CC(C)(C)c1ccc2c(c1)C1(c3ccccc3CC2)c2ccccc2-c2cccc(N(c3ccc4c(c3)C3(c5ccccc5-4)C4CC5CC(C4)CC3C5)c3ccccc3-c3ccccc3)c21. The first-order chi connectivity index (χ1) is 32.3. The molecule has 322 valence electrons. The number of rotatable bonds is 4. The summed E-state index contributed by atoms with van der Waals surface area (Å²) in [5.74, 6) is 3.15. The number of fused-ring (bicyclic) bond motifs is 12. The number of para-hydroxylation sites is 1. The summed E-state index contributed by atoms with van der Waals surface area (Å²) in [6.07, 6.45) is 8.95. The average Bonchev–Trinajstić information content (AvgIpc) is 3.75. The van der Waals surface area contributed by atoms with Gasteiger partial charge in [-0.3, -0.25) is 0 Å². The van der Waals surface area contributed by atoms with Gasteiger partial charge in [0.2, 0.25) is 0 Å². The summed E-state index contributed by atoms with van der Waals surface area (Å²) in [6, 6.07) is 71.3. The van der Waals surface area contributed by atoms with Crippen LogP contribution in [0.25, 0.3) is 33.4 Å². The maximum atomic E-state index is 2.71. The summed E-state index contributed by atoms with van der Waals surface area (Å²) < 4.78 is 0. The van der Waals surface area contributed by atoms with Crippen LogP contribution >= 0.6 is 0 Å². The van der Waals surface area contributed by atoms with Crippen LogP contribution in [0.3, 0.4) is 0 Å². The fourth-order valence-corrected chi connectivity index (χ4v) is 15.4. The van der Waals surface area contributed by atoms with Gasteiger partial charge in [0, 0.05) is 22.2 Å². The largest absolute Gasteiger partial charge is 0.310 e. The lowest BCUT2D eigenvalue weighted by Gasteiger charge is -2.61. The molecule has 4 saturated carbocycles. The maximum Gasteiger partial charge on any atom is 0.0739 e. The van der Waals surface area contributed by atoms with Gasteiger partial charge in [0.1, 0.15) is 0 Å². The first kappa shape index (κ1) is 38.8. The Morgan fingerprint density at radius 3 is 1.74 bits per heavy atom. The molecule has 0 N–H and O–H groups in total. The molecule has 0 radical (unpaired) electrons. The molecular weight excluding hydrogens is 795 g/mol. The number of benzene rings is 8. The van der Waals surface area contributed by atoms with Crippen molar-refractivity contribution in [2.75, 3.05) is 4.90 Å². The molecule has 8 aromatic carbocycles. The molecule has 0 heterocycles. The van der Waals surface area contributed by atoms with Crippen molar-refractivity contribution in [3.63, 3.8) is 0 Å². The number of aryl methyl sites for hydroxylation is 2. The van der Waals surface area contributed by atoms with Gasteiger partial charge in [-0.05, 0) is 171 Å². The first-order valence-electron chi connectivity index (χ1n) is 25.0.